The zero-order chi connectivity index (χ0) is 18.8. The first-order chi connectivity index (χ1) is 12.5. The second kappa shape index (κ2) is 7.59. The van der Waals surface area contributed by atoms with Gasteiger partial charge in [0.1, 0.15) is 17.8 Å². The predicted molar refractivity (Wildman–Crippen MR) is 98.2 cm³/mol. The molecule has 3 rings (SSSR count). The summed E-state index contributed by atoms with van der Waals surface area (Å²) in [7, 11) is 1.57. The molecule has 0 aliphatic carbocycles. The van der Waals surface area contributed by atoms with Gasteiger partial charge in [0.05, 0.1) is 16.8 Å². The third-order valence-electron chi connectivity index (χ3n) is 4.08. The number of carbonyl (C=O) groups excluding carboxylic acids is 3. The quantitative estimate of drug-likeness (QED) is 0.728. The second-order valence-corrected chi connectivity index (χ2v) is 7.23. The summed E-state index contributed by atoms with van der Waals surface area (Å²) in [5, 5.41) is 0.550. The Bertz CT molecular complexity index is 947. The highest BCUT2D eigenvalue weighted by atomic mass is 35.5. The van der Waals surface area contributed by atoms with Crippen LogP contribution in [0.4, 0.5) is 0 Å². The number of likely N-dealkylation sites (tertiary alicyclic amines) is 1. The molecule has 9 heteroatoms. The highest BCUT2D eigenvalue weighted by Crippen LogP contribution is 2.33. The van der Waals surface area contributed by atoms with Gasteiger partial charge in [-0.15, -0.1) is 0 Å². The number of hydrogen-bond donors (Lipinski definition) is 0. The predicted octanol–water partition coefficient (Wildman–Crippen LogP) is 2.35. The highest BCUT2D eigenvalue weighted by Gasteiger charge is 2.30. The van der Waals surface area contributed by atoms with Crippen LogP contribution in [0.2, 0.25) is 5.02 Å². The number of imide groups is 1. The summed E-state index contributed by atoms with van der Waals surface area (Å²) >= 11 is 7.58. The number of hydrogen-bond acceptors (Lipinski definition) is 5. The summed E-state index contributed by atoms with van der Waals surface area (Å²) in [4.78, 5) is 41.3. The van der Waals surface area contributed by atoms with E-state index in [1.165, 1.54) is 11.3 Å². The van der Waals surface area contributed by atoms with E-state index in [1.54, 1.807) is 19.2 Å². The van der Waals surface area contributed by atoms with Gasteiger partial charge < -0.3 is 9.30 Å². The molecule has 1 aliphatic rings. The molecule has 0 spiro atoms. The molecular weight excluding hydrogens is 378 g/mol. The zero-order valence-corrected chi connectivity index (χ0v) is 16.0. The van der Waals surface area contributed by atoms with Crippen molar-refractivity contribution in [3.05, 3.63) is 22.0 Å². The van der Waals surface area contributed by atoms with E-state index in [-0.39, 0.29) is 31.2 Å². The fourth-order valence-electron chi connectivity index (χ4n) is 2.88. The molecule has 0 saturated carbocycles. The van der Waals surface area contributed by atoms with Crippen LogP contribution in [-0.2, 0) is 20.9 Å². The number of aromatic nitrogens is 1. The minimum Gasteiger partial charge on any atom is -0.495 e. The number of aryl methyl sites for hydroxylation is 1. The monoisotopic (exact) mass is 395 g/mol. The Kier molecular flexibility index (Phi) is 5.43. The molecule has 7 nitrogen and oxygen atoms in total. The van der Waals surface area contributed by atoms with Gasteiger partial charge in [-0.1, -0.05) is 29.9 Å². The molecule has 3 amide bonds. The van der Waals surface area contributed by atoms with Crippen molar-refractivity contribution in [3.63, 3.8) is 0 Å². The molecule has 1 aromatic carbocycles. The molecule has 0 radical (unpaired) electrons. The van der Waals surface area contributed by atoms with E-state index in [1.807, 2.05) is 11.5 Å². The molecule has 26 heavy (non-hydrogen) atoms. The van der Waals surface area contributed by atoms with E-state index < -0.39 is 5.91 Å². The van der Waals surface area contributed by atoms with Crippen LogP contribution in [-0.4, -0.2) is 40.8 Å². The van der Waals surface area contributed by atoms with Gasteiger partial charge in [-0.3, -0.25) is 19.3 Å². The molecule has 138 valence electrons. The van der Waals surface area contributed by atoms with Gasteiger partial charge >= 0.3 is 0 Å². The minimum atomic E-state index is -0.542. The molecule has 1 aromatic heterocycles. The van der Waals surface area contributed by atoms with Gasteiger partial charge in [-0.05, 0) is 18.6 Å². The molecule has 2 aromatic rings. The summed E-state index contributed by atoms with van der Waals surface area (Å²) in [6.45, 7) is 2.31. The number of thiazole rings is 1. The minimum absolute atomic E-state index is 0.150. The summed E-state index contributed by atoms with van der Waals surface area (Å²) < 4.78 is 8.09. The van der Waals surface area contributed by atoms with Gasteiger partial charge in [-0.2, -0.15) is 4.99 Å². The molecule has 0 bridgehead atoms. The fraction of sp³-hybridized carbons (Fsp3) is 0.412. The summed E-state index contributed by atoms with van der Waals surface area (Å²) in [6, 6.07) is 3.51. The molecule has 0 unspecified atom stereocenters. The Labute approximate surface area is 158 Å². The van der Waals surface area contributed by atoms with E-state index in [4.69, 9.17) is 16.3 Å². The number of nitrogens with zero attached hydrogens (tertiary/aromatic N) is 3. The van der Waals surface area contributed by atoms with Crippen molar-refractivity contribution >= 4 is 50.9 Å². The van der Waals surface area contributed by atoms with Crippen LogP contribution in [0, 0.1) is 0 Å². The van der Waals surface area contributed by atoms with Crippen molar-refractivity contribution in [2.75, 3.05) is 13.7 Å². The average Bonchev–Trinajstić information content (AvgIpc) is 3.12. The maximum atomic E-state index is 12.3. The number of fused-ring (bicyclic) bond motifs is 1. The van der Waals surface area contributed by atoms with Crippen molar-refractivity contribution in [1.29, 1.82) is 0 Å². The van der Waals surface area contributed by atoms with Crippen LogP contribution >= 0.6 is 22.9 Å². The lowest BCUT2D eigenvalue weighted by Gasteiger charge is -2.10. The molecule has 1 saturated heterocycles. The maximum absolute atomic E-state index is 12.3. The van der Waals surface area contributed by atoms with Crippen molar-refractivity contribution in [1.82, 2.24) is 9.47 Å². The number of ether oxygens (including phenoxy) is 1. The topological polar surface area (TPSA) is 81.0 Å². The molecular formula is C17H18ClN3O4S. The van der Waals surface area contributed by atoms with Crippen molar-refractivity contribution in [2.45, 2.75) is 32.7 Å². The SMILES string of the molecule is CCCn1c(=NC(=O)CN2C(=O)CCC2=O)sc2c(Cl)ccc(OC)c21. The van der Waals surface area contributed by atoms with E-state index in [0.717, 1.165) is 21.5 Å². The molecule has 0 atom stereocenters. The lowest BCUT2D eigenvalue weighted by atomic mass is 10.3. The average molecular weight is 396 g/mol. The van der Waals surface area contributed by atoms with Crippen LogP contribution in [0.25, 0.3) is 10.2 Å². The number of methoxy groups -OCH3 is 1. The number of benzene rings is 1. The van der Waals surface area contributed by atoms with Crippen molar-refractivity contribution in [3.8, 4) is 5.75 Å². The second-order valence-electron chi connectivity index (χ2n) is 5.84. The standard InChI is InChI=1S/C17H18ClN3O4S/c1-3-8-20-15-11(25-2)5-4-10(18)16(15)26-17(20)19-12(22)9-21-13(23)6-7-14(21)24/h4-5H,3,6-9H2,1-2H3. The molecule has 2 heterocycles. The van der Waals surface area contributed by atoms with Gasteiger partial charge in [0, 0.05) is 19.4 Å². The first-order valence-electron chi connectivity index (χ1n) is 8.22. The fourth-order valence-corrected chi connectivity index (χ4v) is 4.24. The van der Waals surface area contributed by atoms with Crippen LogP contribution in [0.3, 0.4) is 0 Å². The normalized spacial score (nSPS) is 15.3. The Morgan fingerprint density at radius 2 is 2.00 bits per heavy atom. The first-order valence-corrected chi connectivity index (χ1v) is 9.42. The smallest absolute Gasteiger partial charge is 0.268 e. The largest absolute Gasteiger partial charge is 0.495 e. The zero-order valence-electron chi connectivity index (χ0n) is 14.5. The van der Waals surface area contributed by atoms with Crippen molar-refractivity contribution in [2.24, 2.45) is 4.99 Å². The lowest BCUT2D eigenvalue weighted by molar-refractivity contribution is -0.141. The maximum Gasteiger partial charge on any atom is 0.268 e. The van der Waals surface area contributed by atoms with E-state index in [0.29, 0.717) is 22.1 Å². The summed E-state index contributed by atoms with van der Waals surface area (Å²) in [5.74, 6) is -0.560. The van der Waals surface area contributed by atoms with Gasteiger partial charge in [-0.25, -0.2) is 0 Å². The van der Waals surface area contributed by atoms with E-state index in [9.17, 15) is 14.4 Å². The Morgan fingerprint density at radius 1 is 1.31 bits per heavy atom. The number of amides is 3. The third kappa shape index (κ3) is 3.39. The van der Waals surface area contributed by atoms with Gasteiger partial charge in [0.2, 0.25) is 11.8 Å². The third-order valence-corrected chi connectivity index (χ3v) is 5.61. The molecule has 1 fully saturated rings. The first kappa shape index (κ1) is 18.6. The van der Waals surface area contributed by atoms with Crippen molar-refractivity contribution < 1.29 is 19.1 Å². The lowest BCUT2D eigenvalue weighted by Crippen LogP contribution is -2.34. The summed E-state index contributed by atoms with van der Waals surface area (Å²) in [5.41, 5.74) is 0.784. The Hall–Kier alpha value is -2.19. The van der Waals surface area contributed by atoms with Gasteiger partial charge in [0.15, 0.2) is 4.80 Å². The summed E-state index contributed by atoms with van der Waals surface area (Å²) in [6.07, 6.45) is 1.13. The number of halogens is 1. The van der Waals surface area contributed by atoms with E-state index >= 15 is 0 Å². The van der Waals surface area contributed by atoms with Crippen LogP contribution in [0.1, 0.15) is 26.2 Å². The van der Waals surface area contributed by atoms with Gasteiger partial charge in [0.25, 0.3) is 5.91 Å². The van der Waals surface area contributed by atoms with E-state index in [2.05, 4.69) is 4.99 Å². The number of carbonyl (C=O) groups is 3. The molecule has 0 N–H and O–H groups in total. The van der Waals surface area contributed by atoms with Crippen LogP contribution < -0.4 is 9.54 Å². The Morgan fingerprint density at radius 3 is 2.62 bits per heavy atom. The van der Waals surface area contributed by atoms with Crippen LogP contribution in [0.5, 0.6) is 5.75 Å². The number of rotatable bonds is 5. The Balaban J connectivity index is 2.06. The molecule has 1 aliphatic heterocycles. The highest BCUT2D eigenvalue weighted by molar-refractivity contribution is 7.17. The van der Waals surface area contributed by atoms with Crippen LogP contribution in [0.15, 0.2) is 17.1 Å².